The van der Waals surface area contributed by atoms with Gasteiger partial charge in [0.05, 0.1) is 0 Å². The summed E-state index contributed by atoms with van der Waals surface area (Å²) in [4.78, 5) is 10.1. The summed E-state index contributed by atoms with van der Waals surface area (Å²) in [7, 11) is -4.67. The summed E-state index contributed by atoms with van der Waals surface area (Å²) in [5.74, 6) is 0. The van der Waals surface area contributed by atoms with Crippen molar-refractivity contribution in [1.29, 1.82) is 0 Å². The first-order valence-corrected chi connectivity index (χ1v) is 10.9. The van der Waals surface area contributed by atoms with Crippen molar-refractivity contribution >= 4 is 46.2 Å². The molecular formula is C18H39NaO5S. The molecule has 25 heavy (non-hydrogen) atoms. The molecule has 2 N–H and O–H groups in total. The van der Waals surface area contributed by atoms with Crippen molar-refractivity contribution in [3.05, 3.63) is 0 Å². The van der Waals surface area contributed by atoms with E-state index >= 15 is 0 Å². The van der Waals surface area contributed by atoms with Crippen LogP contribution >= 0.6 is 0 Å². The molecule has 7 heteroatoms. The first-order valence-electron chi connectivity index (χ1n) is 9.55. The quantitative estimate of drug-likeness (QED) is 0.165. The van der Waals surface area contributed by atoms with Gasteiger partial charge in [0.1, 0.15) is 6.29 Å². The van der Waals surface area contributed by atoms with Gasteiger partial charge in [-0.05, 0) is 6.42 Å². The number of unbranched alkanes of at least 4 members (excludes halogenated alkanes) is 15. The molecule has 0 saturated heterocycles. The topological polar surface area (TPSA) is 91.7 Å². The summed E-state index contributed by atoms with van der Waals surface area (Å²) in [5.41, 5.74) is 0. The average Bonchev–Trinajstić information content (AvgIpc) is 2.49. The van der Waals surface area contributed by atoms with Crippen LogP contribution in [0.4, 0.5) is 0 Å². The van der Waals surface area contributed by atoms with E-state index in [1.807, 2.05) is 0 Å². The van der Waals surface area contributed by atoms with Crippen molar-refractivity contribution in [3.63, 3.8) is 0 Å². The summed E-state index contributed by atoms with van der Waals surface area (Å²) in [6.45, 7) is 2.28. The van der Waals surface area contributed by atoms with E-state index < -0.39 is 10.4 Å². The van der Waals surface area contributed by atoms with Crippen LogP contribution in [0.2, 0.25) is 0 Å². The van der Waals surface area contributed by atoms with Gasteiger partial charge in [-0.15, -0.1) is 0 Å². The van der Waals surface area contributed by atoms with Crippen molar-refractivity contribution in [2.45, 2.75) is 110 Å². The molecule has 0 aliphatic carbocycles. The summed E-state index contributed by atoms with van der Waals surface area (Å²) < 4.78 is 31.6. The molecule has 0 radical (unpaired) electrons. The Morgan fingerprint density at radius 1 is 0.640 bits per heavy atom. The fraction of sp³-hybridized carbons (Fsp3) is 0.944. The molecule has 0 aliphatic heterocycles. The predicted molar refractivity (Wildman–Crippen MR) is 107 cm³/mol. The van der Waals surface area contributed by atoms with Crippen molar-refractivity contribution in [3.8, 4) is 0 Å². The number of carbonyl (C=O) groups is 1. The molecule has 0 rings (SSSR count). The molecule has 0 aromatic carbocycles. The molecule has 0 atom stereocenters. The van der Waals surface area contributed by atoms with Crippen LogP contribution in [0, 0.1) is 0 Å². The SMILES string of the molecule is CCCCCCCCCCCCCCCCCC=O.O=S(=O)(O)O.[NaH]. The summed E-state index contributed by atoms with van der Waals surface area (Å²) in [5, 5.41) is 0. The molecule has 0 saturated carbocycles. The maximum absolute atomic E-state index is 10.1. The molecule has 0 spiro atoms. The van der Waals surface area contributed by atoms with E-state index in [4.69, 9.17) is 17.5 Å². The predicted octanol–water partition coefficient (Wildman–Crippen LogP) is 5.15. The Morgan fingerprint density at radius 3 is 1.12 bits per heavy atom. The van der Waals surface area contributed by atoms with Crippen LogP contribution < -0.4 is 0 Å². The Hall–Kier alpha value is 0.540. The molecule has 0 amide bonds. The summed E-state index contributed by atoms with van der Waals surface area (Å²) in [6, 6.07) is 0. The molecule has 0 aromatic heterocycles. The Labute approximate surface area is 177 Å². The zero-order valence-electron chi connectivity index (χ0n) is 15.4. The molecule has 0 unspecified atom stereocenters. The van der Waals surface area contributed by atoms with E-state index in [-0.39, 0.29) is 29.6 Å². The van der Waals surface area contributed by atoms with Crippen molar-refractivity contribution in [1.82, 2.24) is 0 Å². The third-order valence-electron chi connectivity index (χ3n) is 3.93. The number of hydrogen-bond acceptors (Lipinski definition) is 3. The molecule has 0 fully saturated rings. The van der Waals surface area contributed by atoms with E-state index in [9.17, 15) is 4.79 Å². The fourth-order valence-corrected chi connectivity index (χ4v) is 2.60. The number of rotatable bonds is 16. The number of aldehydes is 1. The Morgan fingerprint density at radius 2 is 0.880 bits per heavy atom. The zero-order valence-corrected chi connectivity index (χ0v) is 16.2. The van der Waals surface area contributed by atoms with Gasteiger partial charge in [-0.25, -0.2) is 0 Å². The average molecular weight is 391 g/mol. The van der Waals surface area contributed by atoms with Gasteiger partial charge in [0.25, 0.3) is 0 Å². The minimum atomic E-state index is -4.67. The zero-order chi connectivity index (χ0) is 18.5. The molecular weight excluding hydrogens is 351 g/mol. The third-order valence-corrected chi connectivity index (χ3v) is 3.93. The van der Waals surface area contributed by atoms with Gasteiger partial charge in [0, 0.05) is 6.42 Å². The summed E-state index contributed by atoms with van der Waals surface area (Å²) in [6.07, 6.45) is 22.6. The van der Waals surface area contributed by atoms with Crippen LogP contribution in [-0.4, -0.2) is 53.4 Å². The van der Waals surface area contributed by atoms with Crippen molar-refractivity contribution < 1.29 is 22.3 Å². The van der Waals surface area contributed by atoms with Gasteiger partial charge < -0.3 is 4.79 Å². The molecule has 0 aromatic rings. The first kappa shape index (κ1) is 30.3. The minimum absolute atomic E-state index is 0. The van der Waals surface area contributed by atoms with Gasteiger partial charge in [-0.1, -0.05) is 96.8 Å². The molecule has 5 nitrogen and oxygen atoms in total. The van der Waals surface area contributed by atoms with Gasteiger partial charge in [-0.3, -0.25) is 9.11 Å². The Balaban J connectivity index is -0.000000704. The monoisotopic (exact) mass is 390 g/mol. The van der Waals surface area contributed by atoms with E-state index in [1.54, 1.807) is 0 Å². The maximum atomic E-state index is 10.1. The van der Waals surface area contributed by atoms with E-state index in [1.165, 1.54) is 89.9 Å². The normalized spacial score (nSPS) is 10.5. The number of hydrogen-bond donors (Lipinski definition) is 2. The van der Waals surface area contributed by atoms with Crippen molar-refractivity contribution in [2.75, 3.05) is 0 Å². The second-order valence-corrected chi connectivity index (χ2v) is 7.25. The van der Waals surface area contributed by atoms with E-state index in [2.05, 4.69) is 6.92 Å². The Kier molecular flexibility index (Phi) is 29.7. The van der Waals surface area contributed by atoms with Crippen LogP contribution in [0.25, 0.3) is 0 Å². The van der Waals surface area contributed by atoms with Gasteiger partial charge in [0.2, 0.25) is 0 Å². The number of carbonyl (C=O) groups excluding carboxylic acids is 1. The second-order valence-electron chi connectivity index (χ2n) is 6.35. The van der Waals surface area contributed by atoms with Crippen LogP contribution in [0.1, 0.15) is 110 Å². The summed E-state index contributed by atoms with van der Waals surface area (Å²) >= 11 is 0. The van der Waals surface area contributed by atoms with Crippen molar-refractivity contribution in [2.24, 2.45) is 0 Å². The fourth-order valence-electron chi connectivity index (χ4n) is 2.60. The third kappa shape index (κ3) is 45.6. The van der Waals surface area contributed by atoms with Crippen LogP contribution in [0.15, 0.2) is 0 Å². The van der Waals surface area contributed by atoms with Crippen LogP contribution in [0.5, 0.6) is 0 Å². The molecule has 0 aliphatic rings. The van der Waals surface area contributed by atoms with Gasteiger partial charge in [-0.2, -0.15) is 8.42 Å². The van der Waals surface area contributed by atoms with E-state index in [0.29, 0.717) is 0 Å². The van der Waals surface area contributed by atoms with Crippen LogP contribution in [-0.2, 0) is 15.2 Å². The molecule has 148 valence electrons. The molecule has 0 heterocycles. The standard InChI is InChI=1S/C18H36O.Na.H2O4S.H/c1-2-3-4-5-6-7-8-9-10-11-12-13-14-15-16-17-18-19;;1-5(2,3)4;/h18H,2-17H2,1H3;;(H2,1,2,3,4);. The Bertz CT molecular complexity index is 339. The van der Waals surface area contributed by atoms with E-state index in [0.717, 1.165) is 19.1 Å². The second kappa shape index (κ2) is 24.5. The first-order chi connectivity index (χ1) is 11.4. The molecule has 0 bridgehead atoms. The van der Waals surface area contributed by atoms with Gasteiger partial charge >= 0.3 is 40.0 Å². The van der Waals surface area contributed by atoms with Gasteiger partial charge in [0.15, 0.2) is 0 Å². The van der Waals surface area contributed by atoms with Crippen LogP contribution in [0.3, 0.4) is 0 Å².